The molecule has 2 amide bonds. The van der Waals surface area contributed by atoms with Crippen molar-refractivity contribution in [3.63, 3.8) is 0 Å². The number of carbonyl (C=O) groups excluding carboxylic acids is 2. The third-order valence-corrected chi connectivity index (χ3v) is 5.39. The predicted molar refractivity (Wildman–Crippen MR) is 120 cm³/mol. The molecule has 1 atom stereocenters. The summed E-state index contributed by atoms with van der Waals surface area (Å²) in [6.45, 7) is 0.220. The first kappa shape index (κ1) is 21.5. The zero-order valence-corrected chi connectivity index (χ0v) is 17.6. The van der Waals surface area contributed by atoms with Crippen molar-refractivity contribution in [1.82, 2.24) is 9.88 Å². The molecule has 4 rings (SSSR count). The molecule has 0 radical (unpaired) electrons. The summed E-state index contributed by atoms with van der Waals surface area (Å²) in [5.41, 5.74) is 1.50. The van der Waals surface area contributed by atoms with E-state index in [1.54, 1.807) is 23.2 Å². The summed E-state index contributed by atoms with van der Waals surface area (Å²) in [5, 5.41) is 2.87. The van der Waals surface area contributed by atoms with Gasteiger partial charge in [-0.25, -0.2) is 8.78 Å². The number of benzene rings is 2. The number of thiocarbonyl (C=S) groups is 1. The van der Waals surface area contributed by atoms with E-state index < -0.39 is 29.5 Å². The molecule has 2 heterocycles. The van der Waals surface area contributed by atoms with Crippen LogP contribution in [0.3, 0.4) is 0 Å². The van der Waals surface area contributed by atoms with Crippen LogP contribution in [-0.4, -0.2) is 32.9 Å². The van der Waals surface area contributed by atoms with E-state index in [4.69, 9.17) is 12.2 Å². The third-order valence-electron chi connectivity index (χ3n) is 4.97. The van der Waals surface area contributed by atoms with Gasteiger partial charge in [0, 0.05) is 11.9 Å². The second kappa shape index (κ2) is 9.19. The fourth-order valence-corrected chi connectivity index (χ4v) is 3.82. The zero-order valence-electron chi connectivity index (χ0n) is 16.7. The summed E-state index contributed by atoms with van der Waals surface area (Å²) >= 11 is 5.56. The number of halogens is 2. The van der Waals surface area contributed by atoms with Gasteiger partial charge in [-0.15, -0.1) is 0 Å². The number of rotatable bonds is 6. The van der Waals surface area contributed by atoms with Gasteiger partial charge in [0.05, 0.1) is 24.3 Å². The molecule has 0 bridgehead atoms. The lowest BCUT2D eigenvalue weighted by atomic mass is 10.1. The van der Waals surface area contributed by atoms with Crippen LogP contribution in [0.5, 0.6) is 0 Å². The standard InChI is InChI=1S/C23H18F2N4O2S/c24-15-4-8-17(9-5-15)27-21(30)13-20-22(31)29(19-10-6-16(25)7-11-19)23(32)28(20)14-18-3-1-2-12-26-18/h1-12,20H,13-14H2,(H,27,30)/t20-/m0/s1. The Labute approximate surface area is 188 Å². The summed E-state index contributed by atoms with van der Waals surface area (Å²) in [7, 11) is 0. The van der Waals surface area contributed by atoms with Crippen molar-refractivity contribution in [3.05, 3.63) is 90.3 Å². The molecule has 1 aliphatic rings. The highest BCUT2D eigenvalue weighted by atomic mass is 32.1. The largest absolute Gasteiger partial charge is 0.330 e. The first-order valence-electron chi connectivity index (χ1n) is 9.78. The number of amides is 2. The van der Waals surface area contributed by atoms with Crippen molar-refractivity contribution in [1.29, 1.82) is 0 Å². The number of hydrogen-bond donors (Lipinski definition) is 1. The van der Waals surface area contributed by atoms with Crippen molar-refractivity contribution in [2.75, 3.05) is 10.2 Å². The van der Waals surface area contributed by atoms with E-state index in [-0.39, 0.29) is 18.1 Å². The van der Waals surface area contributed by atoms with Gasteiger partial charge in [0.15, 0.2) is 5.11 Å². The molecule has 0 saturated carbocycles. The number of pyridine rings is 1. The summed E-state index contributed by atoms with van der Waals surface area (Å²) in [6.07, 6.45) is 1.45. The maximum absolute atomic E-state index is 13.4. The second-order valence-corrected chi connectivity index (χ2v) is 7.52. The molecule has 0 spiro atoms. The summed E-state index contributed by atoms with van der Waals surface area (Å²) in [5.74, 6) is -1.68. The van der Waals surface area contributed by atoms with E-state index in [2.05, 4.69) is 10.3 Å². The molecular formula is C23H18F2N4O2S. The minimum atomic E-state index is -0.880. The topological polar surface area (TPSA) is 65.5 Å². The average Bonchev–Trinajstić information content (AvgIpc) is 3.01. The van der Waals surface area contributed by atoms with Gasteiger partial charge in [-0.2, -0.15) is 0 Å². The Morgan fingerprint density at radius 2 is 1.66 bits per heavy atom. The van der Waals surface area contributed by atoms with Gasteiger partial charge in [-0.3, -0.25) is 19.5 Å². The Bertz CT molecular complexity index is 1140. The molecule has 2 aromatic carbocycles. The Kier molecular flexibility index (Phi) is 6.18. The Hall–Kier alpha value is -3.72. The lowest BCUT2D eigenvalue weighted by Crippen LogP contribution is -2.37. The van der Waals surface area contributed by atoms with Gasteiger partial charge in [0.1, 0.15) is 17.7 Å². The van der Waals surface area contributed by atoms with Crippen molar-refractivity contribution in [2.45, 2.75) is 19.0 Å². The number of nitrogens with one attached hydrogen (secondary N) is 1. The van der Waals surface area contributed by atoms with Crippen molar-refractivity contribution in [3.8, 4) is 0 Å². The first-order valence-corrected chi connectivity index (χ1v) is 10.2. The molecule has 162 valence electrons. The third kappa shape index (κ3) is 4.62. The van der Waals surface area contributed by atoms with Gasteiger partial charge in [-0.05, 0) is 72.9 Å². The van der Waals surface area contributed by atoms with Gasteiger partial charge >= 0.3 is 0 Å². The molecular weight excluding hydrogens is 434 g/mol. The molecule has 1 N–H and O–H groups in total. The molecule has 0 aliphatic carbocycles. The quantitative estimate of drug-likeness (QED) is 0.575. The molecule has 1 aliphatic heterocycles. The number of anilines is 2. The minimum Gasteiger partial charge on any atom is -0.330 e. The van der Waals surface area contributed by atoms with Crippen LogP contribution in [0.25, 0.3) is 0 Å². The van der Waals surface area contributed by atoms with Crippen LogP contribution in [-0.2, 0) is 16.1 Å². The summed E-state index contributed by atoms with van der Waals surface area (Å²) in [4.78, 5) is 33.2. The Balaban J connectivity index is 1.59. The first-order chi connectivity index (χ1) is 15.4. The minimum absolute atomic E-state index is 0.180. The fourth-order valence-electron chi connectivity index (χ4n) is 3.43. The SMILES string of the molecule is O=C(C[C@H]1C(=O)N(c2ccc(F)cc2)C(=S)N1Cc1ccccn1)Nc1ccc(F)cc1. The Morgan fingerprint density at radius 3 is 2.28 bits per heavy atom. The fraction of sp³-hybridized carbons (Fsp3) is 0.130. The monoisotopic (exact) mass is 452 g/mol. The normalized spacial score (nSPS) is 15.9. The van der Waals surface area contributed by atoms with Crippen LogP contribution in [0.1, 0.15) is 12.1 Å². The number of carbonyl (C=O) groups is 2. The van der Waals surface area contributed by atoms with E-state index in [0.717, 1.165) is 0 Å². The van der Waals surface area contributed by atoms with Gasteiger partial charge < -0.3 is 10.2 Å². The smallest absolute Gasteiger partial charge is 0.256 e. The van der Waals surface area contributed by atoms with Crippen LogP contribution >= 0.6 is 12.2 Å². The number of nitrogens with zero attached hydrogens (tertiary/aromatic N) is 3. The van der Waals surface area contributed by atoms with Crippen LogP contribution in [0, 0.1) is 11.6 Å². The van der Waals surface area contributed by atoms with Gasteiger partial charge in [-0.1, -0.05) is 6.07 Å². The molecule has 0 unspecified atom stereocenters. The lowest BCUT2D eigenvalue weighted by molar-refractivity contribution is -0.124. The molecule has 6 nitrogen and oxygen atoms in total. The highest BCUT2D eigenvalue weighted by molar-refractivity contribution is 7.80. The molecule has 1 fully saturated rings. The number of aromatic nitrogens is 1. The maximum atomic E-state index is 13.4. The lowest BCUT2D eigenvalue weighted by Gasteiger charge is -2.23. The van der Waals surface area contributed by atoms with Gasteiger partial charge in [0.25, 0.3) is 5.91 Å². The van der Waals surface area contributed by atoms with E-state index in [9.17, 15) is 18.4 Å². The summed E-state index contributed by atoms with van der Waals surface area (Å²) in [6, 6.07) is 15.2. The molecule has 1 saturated heterocycles. The van der Waals surface area contributed by atoms with Crippen LogP contribution in [0.2, 0.25) is 0 Å². The Morgan fingerprint density at radius 1 is 1.00 bits per heavy atom. The van der Waals surface area contributed by atoms with E-state index in [0.29, 0.717) is 17.1 Å². The van der Waals surface area contributed by atoms with Crippen molar-refractivity contribution in [2.24, 2.45) is 0 Å². The molecule has 1 aromatic heterocycles. The summed E-state index contributed by atoms with van der Waals surface area (Å²) < 4.78 is 26.5. The average molecular weight is 452 g/mol. The number of hydrogen-bond acceptors (Lipinski definition) is 4. The highest BCUT2D eigenvalue weighted by Gasteiger charge is 2.44. The van der Waals surface area contributed by atoms with E-state index >= 15 is 0 Å². The van der Waals surface area contributed by atoms with Crippen LogP contribution in [0.4, 0.5) is 20.2 Å². The highest BCUT2D eigenvalue weighted by Crippen LogP contribution is 2.29. The predicted octanol–water partition coefficient (Wildman–Crippen LogP) is 3.89. The zero-order chi connectivity index (χ0) is 22.7. The molecule has 32 heavy (non-hydrogen) atoms. The van der Waals surface area contributed by atoms with Gasteiger partial charge in [0.2, 0.25) is 5.91 Å². The maximum Gasteiger partial charge on any atom is 0.256 e. The van der Waals surface area contributed by atoms with Crippen LogP contribution in [0.15, 0.2) is 72.9 Å². The second-order valence-electron chi connectivity index (χ2n) is 7.16. The molecule has 9 heteroatoms. The molecule has 3 aromatic rings. The van der Waals surface area contributed by atoms with Crippen molar-refractivity contribution < 1.29 is 18.4 Å². The van der Waals surface area contributed by atoms with Crippen molar-refractivity contribution >= 4 is 40.5 Å². The van der Waals surface area contributed by atoms with Crippen LogP contribution < -0.4 is 10.2 Å². The van der Waals surface area contributed by atoms with E-state index in [1.165, 1.54) is 53.4 Å². The van der Waals surface area contributed by atoms with E-state index in [1.807, 2.05) is 6.07 Å².